The number of rotatable bonds is 6. The smallest absolute Gasteiger partial charge is 0.228 e. The SMILES string of the molecule is Cc1ccc(NC(=O)C2CCN(C(=O)CCc3nc(-c4ccc(F)cc4)no3)CC2)nc1. The van der Waals surface area contributed by atoms with Gasteiger partial charge in [0.25, 0.3) is 0 Å². The van der Waals surface area contributed by atoms with E-state index in [4.69, 9.17) is 4.52 Å². The Bertz CT molecular complexity index is 1070. The van der Waals surface area contributed by atoms with E-state index >= 15 is 0 Å². The van der Waals surface area contributed by atoms with E-state index in [9.17, 15) is 14.0 Å². The van der Waals surface area contributed by atoms with Crippen molar-refractivity contribution in [3.8, 4) is 11.4 Å². The molecule has 2 aromatic heterocycles. The highest BCUT2D eigenvalue weighted by atomic mass is 19.1. The third-order valence-electron chi connectivity index (χ3n) is 5.50. The lowest BCUT2D eigenvalue weighted by Gasteiger charge is -2.31. The highest BCUT2D eigenvalue weighted by molar-refractivity contribution is 5.91. The number of likely N-dealkylation sites (tertiary alicyclic amines) is 1. The van der Waals surface area contributed by atoms with Crippen LogP contribution in [0.3, 0.4) is 0 Å². The summed E-state index contributed by atoms with van der Waals surface area (Å²) < 4.78 is 18.3. The molecule has 0 saturated carbocycles. The predicted octanol–water partition coefficient (Wildman–Crippen LogP) is 3.39. The first-order valence-corrected chi connectivity index (χ1v) is 10.6. The number of hydrogen-bond acceptors (Lipinski definition) is 6. The van der Waals surface area contributed by atoms with E-state index in [1.807, 2.05) is 13.0 Å². The Morgan fingerprint density at radius 3 is 2.59 bits per heavy atom. The van der Waals surface area contributed by atoms with E-state index in [1.54, 1.807) is 29.3 Å². The topological polar surface area (TPSA) is 101 Å². The third kappa shape index (κ3) is 5.35. The number of halogens is 1. The van der Waals surface area contributed by atoms with Gasteiger partial charge in [0.2, 0.25) is 23.5 Å². The number of carbonyl (C=O) groups is 2. The van der Waals surface area contributed by atoms with Gasteiger partial charge < -0.3 is 14.7 Å². The number of amides is 2. The van der Waals surface area contributed by atoms with Crippen LogP contribution in [0.1, 0.15) is 30.7 Å². The zero-order valence-electron chi connectivity index (χ0n) is 17.8. The molecule has 4 rings (SSSR count). The van der Waals surface area contributed by atoms with Crippen LogP contribution >= 0.6 is 0 Å². The number of nitrogens with zero attached hydrogens (tertiary/aromatic N) is 4. The van der Waals surface area contributed by atoms with Crippen LogP contribution in [0.25, 0.3) is 11.4 Å². The summed E-state index contributed by atoms with van der Waals surface area (Å²) in [6.07, 6.45) is 3.50. The first-order valence-electron chi connectivity index (χ1n) is 10.6. The number of anilines is 1. The molecule has 1 aromatic carbocycles. The van der Waals surface area contributed by atoms with Crippen molar-refractivity contribution in [3.05, 3.63) is 59.9 Å². The van der Waals surface area contributed by atoms with Crippen LogP contribution in [0.15, 0.2) is 47.1 Å². The molecule has 0 spiro atoms. The number of hydrogen-bond donors (Lipinski definition) is 1. The van der Waals surface area contributed by atoms with Gasteiger partial charge in [-0.2, -0.15) is 4.98 Å². The Morgan fingerprint density at radius 2 is 1.91 bits per heavy atom. The van der Waals surface area contributed by atoms with Crippen LogP contribution in [-0.4, -0.2) is 44.9 Å². The molecule has 8 nitrogen and oxygen atoms in total. The fourth-order valence-electron chi connectivity index (χ4n) is 3.61. The second kappa shape index (κ2) is 9.67. The second-order valence-electron chi connectivity index (χ2n) is 7.88. The van der Waals surface area contributed by atoms with Crippen molar-refractivity contribution in [3.63, 3.8) is 0 Å². The van der Waals surface area contributed by atoms with Gasteiger partial charge in [-0.15, -0.1) is 0 Å². The number of piperidine rings is 1. The van der Waals surface area contributed by atoms with E-state index in [2.05, 4.69) is 20.4 Å². The zero-order chi connectivity index (χ0) is 22.5. The van der Waals surface area contributed by atoms with Gasteiger partial charge in [0.1, 0.15) is 11.6 Å². The van der Waals surface area contributed by atoms with Gasteiger partial charge in [0.15, 0.2) is 0 Å². The van der Waals surface area contributed by atoms with Crippen molar-refractivity contribution >= 4 is 17.6 Å². The Kier molecular flexibility index (Phi) is 6.53. The maximum atomic E-state index is 13.0. The van der Waals surface area contributed by atoms with E-state index in [0.29, 0.717) is 55.4 Å². The van der Waals surface area contributed by atoms with E-state index < -0.39 is 0 Å². The molecular weight excluding hydrogens is 413 g/mol. The Labute approximate surface area is 184 Å². The lowest BCUT2D eigenvalue weighted by Crippen LogP contribution is -2.41. The molecule has 166 valence electrons. The fraction of sp³-hybridized carbons (Fsp3) is 0.348. The van der Waals surface area contributed by atoms with Crippen LogP contribution in [0.4, 0.5) is 10.2 Å². The standard InChI is InChI=1S/C23H24FN5O3/c1-15-2-7-19(25-14-15)26-23(31)17-10-12-29(13-11-17)21(30)9-8-20-27-22(28-32-20)16-3-5-18(24)6-4-16/h2-7,14,17H,8-13H2,1H3,(H,25,26,31). The monoisotopic (exact) mass is 437 g/mol. The minimum absolute atomic E-state index is 0.00871. The summed E-state index contributed by atoms with van der Waals surface area (Å²) in [6, 6.07) is 9.49. The lowest BCUT2D eigenvalue weighted by molar-refractivity contribution is -0.134. The average molecular weight is 437 g/mol. The van der Waals surface area contributed by atoms with Crippen molar-refractivity contribution in [2.45, 2.75) is 32.6 Å². The largest absolute Gasteiger partial charge is 0.343 e. The van der Waals surface area contributed by atoms with Gasteiger partial charge >= 0.3 is 0 Å². The number of aromatic nitrogens is 3. The molecule has 0 unspecified atom stereocenters. The lowest BCUT2D eigenvalue weighted by atomic mass is 9.95. The number of benzene rings is 1. The average Bonchev–Trinajstić information content (AvgIpc) is 3.28. The predicted molar refractivity (Wildman–Crippen MR) is 115 cm³/mol. The van der Waals surface area contributed by atoms with E-state index in [-0.39, 0.29) is 30.0 Å². The molecule has 0 bridgehead atoms. The maximum Gasteiger partial charge on any atom is 0.228 e. The number of carbonyl (C=O) groups excluding carboxylic acids is 2. The van der Waals surface area contributed by atoms with Crippen molar-refractivity contribution in [1.29, 1.82) is 0 Å². The summed E-state index contributed by atoms with van der Waals surface area (Å²) >= 11 is 0. The molecule has 0 aliphatic carbocycles. The molecular formula is C23H24FN5O3. The normalized spacial score (nSPS) is 14.4. The molecule has 0 radical (unpaired) electrons. The van der Waals surface area contributed by atoms with Crippen molar-refractivity contribution < 1.29 is 18.5 Å². The van der Waals surface area contributed by atoms with Crippen LogP contribution in [0.5, 0.6) is 0 Å². The van der Waals surface area contributed by atoms with Gasteiger partial charge in [-0.25, -0.2) is 9.37 Å². The first kappa shape index (κ1) is 21.6. The van der Waals surface area contributed by atoms with Crippen LogP contribution in [0.2, 0.25) is 0 Å². The summed E-state index contributed by atoms with van der Waals surface area (Å²) in [7, 11) is 0. The van der Waals surface area contributed by atoms with E-state index in [1.165, 1.54) is 12.1 Å². The Hall–Kier alpha value is -3.62. The molecule has 9 heteroatoms. The van der Waals surface area contributed by atoms with Gasteiger partial charge in [-0.05, 0) is 55.7 Å². The highest BCUT2D eigenvalue weighted by Gasteiger charge is 2.27. The molecule has 2 amide bonds. The molecule has 32 heavy (non-hydrogen) atoms. The first-order chi connectivity index (χ1) is 15.5. The highest BCUT2D eigenvalue weighted by Crippen LogP contribution is 2.21. The minimum Gasteiger partial charge on any atom is -0.343 e. The molecule has 1 aliphatic rings. The van der Waals surface area contributed by atoms with Crippen LogP contribution in [-0.2, 0) is 16.0 Å². The van der Waals surface area contributed by atoms with Crippen molar-refractivity contribution in [2.24, 2.45) is 5.92 Å². The molecule has 3 aromatic rings. The summed E-state index contributed by atoms with van der Waals surface area (Å²) in [6.45, 7) is 3.00. The van der Waals surface area contributed by atoms with Gasteiger partial charge in [-0.3, -0.25) is 9.59 Å². The second-order valence-corrected chi connectivity index (χ2v) is 7.88. The molecule has 1 saturated heterocycles. The number of pyridine rings is 1. The molecule has 1 fully saturated rings. The zero-order valence-corrected chi connectivity index (χ0v) is 17.8. The quantitative estimate of drug-likeness (QED) is 0.634. The minimum atomic E-state index is -0.337. The van der Waals surface area contributed by atoms with Gasteiger partial charge in [0, 0.05) is 43.6 Å². The van der Waals surface area contributed by atoms with Crippen molar-refractivity contribution in [2.75, 3.05) is 18.4 Å². The van der Waals surface area contributed by atoms with Crippen LogP contribution < -0.4 is 5.32 Å². The maximum absolute atomic E-state index is 13.0. The van der Waals surface area contributed by atoms with Crippen LogP contribution in [0, 0.1) is 18.7 Å². The Balaban J connectivity index is 1.23. The molecule has 1 N–H and O–H groups in total. The number of nitrogens with one attached hydrogen (secondary N) is 1. The number of aryl methyl sites for hydroxylation is 2. The molecule has 3 heterocycles. The molecule has 1 aliphatic heterocycles. The van der Waals surface area contributed by atoms with E-state index in [0.717, 1.165) is 5.56 Å². The van der Waals surface area contributed by atoms with Crippen molar-refractivity contribution in [1.82, 2.24) is 20.0 Å². The summed E-state index contributed by atoms with van der Waals surface area (Å²) in [5.74, 6) is 0.712. The third-order valence-corrected chi connectivity index (χ3v) is 5.50. The molecule has 0 atom stereocenters. The Morgan fingerprint density at radius 1 is 1.16 bits per heavy atom. The van der Waals surface area contributed by atoms with Gasteiger partial charge in [-0.1, -0.05) is 11.2 Å². The summed E-state index contributed by atoms with van der Waals surface area (Å²) in [4.78, 5) is 35.3. The van der Waals surface area contributed by atoms with Gasteiger partial charge in [0.05, 0.1) is 0 Å². The fourth-order valence-corrected chi connectivity index (χ4v) is 3.61. The summed E-state index contributed by atoms with van der Waals surface area (Å²) in [5, 5.41) is 6.74. The summed E-state index contributed by atoms with van der Waals surface area (Å²) in [5.41, 5.74) is 1.68.